The summed E-state index contributed by atoms with van der Waals surface area (Å²) < 4.78 is 2.22. The first-order valence-electron chi connectivity index (χ1n) is 10.7. The van der Waals surface area contributed by atoms with E-state index in [1.54, 1.807) is 6.07 Å². The molecule has 3 heteroatoms. The highest BCUT2D eigenvalue weighted by atomic mass is 16.3. The first-order chi connectivity index (χ1) is 15.8. The number of hydrogen-bond acceptors (Lipinski definition) is 2. The van der Waals surface area contributed by atoms with E-state index in [9.17, 15) is 5.11 Å². The quantitative estimate of drug-likeness (QED) is 0.283. The Morgan fingerprint density at radius 3 is 1.81 bits per heavy atom. The SMILES string of the molecule is Oc1ccc2c3cccc4c5ccccc5c5ccccc5c5cccnc5n(c2c1)c43. The second-order valence-electron chi connectivity index (χ2n) is 8.20. The summed E-state index contributed by atoms with van der Waals surface area (Å²) in [6.45, 7) is 0. The number of pyridine rings is 1. The van der Waals surface area contributed by atoms with Crippen LogP contribution in [0.15, 0.2) is 103 Å². The molecule has 4 aromatic carbocycles. The molecular weight excluding hydrogens is 392 g/mol. The van der Waals surface area contributed by atoms with E-state index in [2.05, 4.69) is 77.2 Å². The van der Waals surface area contributed by atoms with Gasteiger partial charge in [0.25, 0.3) is 0 Å². The average Bonchev–Trinajstić information content (AvgIpc) is 3.18. The van der Waals surface area contributed by atoms with Crippen LogP contribution in [0, 0.1) is 0 Å². The predicted molar refractivity (Wildman–Crippen MR) is 133 cm³/mol. The summed E-state index contributed by atoms with van der Waals surface area (Å²) in [4.78, 5) is 4.88. The number of nitrogens with zero attached hydrogens (tertiary/aromatic N) is 2. The lowest BCUT2D eigenvalue weighted by molar-refractivity contribution is 0.476. The number of aromatic hydroxyl groups is 1. The molecule has 0 radical (unpaired) electrons. The summed E-state index contributed by atoms with van der Waals surface area (Å²) in [6.07, 6.45) is 1.84. The van der Waals surface area contributed by atoms with Crippen LogP contribution in [0.5, 0.6) is 5.75 Å². The fraction of sp³-hybridized carbons (Fsp3) is 0. The van der Waals surface area contributed by atoms with Crippen LogP contribution < -0.4 is 0 Å². The van der Waals surface area contributed by atoms with Crippen LogP contribution in [-0.4, -0.2) is 14.5 Å². The molecule has 7 aromatic rings. The van der Waals surface area contributed by atoms with Crippen molar-refractivity contribution in [2.24, 2.45) is 0 Å². The standard InChI is InChI=1S/C29H18N2O/c32-18-14-15-23-25-12-5-11-24-21-9-3-1-7-19(21)20-8-2-4-10-22(20)26-13-6-16-30-29(26)31(28(24)25)27(23)17-18/h1-17,32H. The number of hydrogen-bond donors (Lipinski definition) is 1. The van der Waals surface area contributed by atoms with E-state index in [1.165, 1.54) is 16.2 Å². The maximum atomic E-state index is 10.4. The average molecular weight is 410 g/mol. The van der Waals surface area contributed by atoms with E-state index in [0.717, 1.165) is 43.6 Å². The van der Waals surface area contributed by atoms with Crippen LogP contribution in [0.2, 0.25) is 0 Å². The highest BCUT2D eigenvalue weighted by Crippen LogP contribution is 2.38. The molecule has 0 spiro atoms. The predicted octanol–water partition coefficient (Wildman–Crippen LogP) is 7.37. The van der Waals surface area contributed by atoms with Gasteiger partial charge < -0.3 is 5.11 Å². The molecule has 0 fully saturated rings. The first kappa shape index (κ1) is 17.3. The zero-order valence-electron chi connectivity index (χ0n) is 17.2. The van der Waals surface area contributed by atoms with Crippen molar-refractivity contribution in [2.75, 3.05) is 0 Å². The fourth-order valence-electron chi connectivity index (χ4n) is 5.18. The van der Waals surface area contributed by atoms with E-state index >= 15 is 0 Å². The fourth-order valence-corrected chi connectivity index (χ4v) is 5.18. The van der Waals surface area contributed by atoms with E-state index in [4.69, 9.17) is 4.98 Å². The lowest BCUT2D eigenvalue weighted by Crippen LogP contribution is -1.89. The van der Waals surface area contributed by atoms with Crippen LogP contribution in [0.3, 0.4) is 0 Å². The highest BCUT2D eigenvalue weighted by Gasteiger charge is 2.15. The van der Waals surface area contributed by atoms with E-state index in [1.807, 2.05) is 24.4 Å². The highest BCUT2D eigenvalue weighted by molar-refractivity contribution is 6.24. The van der Waals surface area contributed by atoms with Crippen molar-refractivity contribution in [3.63, 3.8) is 0 Å². The van der Waals surface area contributed by atoms with Gasteiger partial charge in [-0.05, 0) is 45.8 Å². The van der Waals surface area contributed by atoms with Gasteiger partial charge in [-0.2, -0.15) is 0 Å². The van der Waals surface area contributed by atoms with Gasteiger partial charge in [-0.25, -0.2) is 4.98 Å². The summed E-state index contributed by atoms with van der Waals surface area (Å²) in [5, 5.41) is 19.6. The Labute approximate surface area is 183 Å². The van der Waals surface area contributed by atoms with Crippen LogP contribution >= 0.6 is 0 Å². The van der Waals surface area contributed by atoms with Gasteiger partial charge in [0.05, 0.1) is 11.0 Å². The second kappa shape index (κ2) is 6.32. The summed E-state index contributed by atoms with van der Waals surface area (Å²) in [6, 6.07) is 33.3. The summed E-state index contributed by atoms with van der Waals surface area (Å²) in [5.41, 5.74) is 2.92. The van der Waals surface area contributed by atoms with Gasteiger partial charge >= 0.3 is 0 Å². The van der Waals surface area contributed by atoms with Gasteiger partial charge in [0.1, 0.15) is 11.4 Å². The third kappa shape index (κ3) is 2.22. The Morgan fingerprint density at radius 2 is 1.09 bits per heavy atom. The molecule has 150 valence electrons. The largest absolute Gasteiger partial charge is 0.508 e. The Hall–Kier alpha value is -4.37. The molecular formula is C29H18N2O. The lowest BCUT2D eigenvalue weighted by Gasteiger charge is -2.03. The molecule has 0 atom stereocenters. The molecule has 0 aliphatic carbocycles. The van der Waals surface area contributed by atoms with Crippen LogP contribution in [0.4, 0.5) is 0 Å². The van der Waals surface area contributed by atoms with Gasteiger partial charge in [0.2, 0.25) is 0 Å². The zero-order valence-corrected chi connectivity index (χ0v) is 17.2. The third-order valence-corrected chi connectivity index (χ3v) is 6.50. The van der Waals surface area contributed by atoms with Gasteiger partial charge in [0, 0.05) is 33.8 Å². The molecule has 0 unspecified atom stereocenters. The third-order valence-electron chi connectivity index (χ3n) is 6.50. The molecule has 0 aliphatic rings. The monoisotopic (exact) mass is 410 g/mol. The van der Waals surface area contributed by atoms with Gasteiger partial charge in [-0.1, -0.05) is 66.7 Å². The summed E-state index contributed by atoms with van der Waals surface area (Å²) in [5.74, 6) is 0.247. The number of para-hydroxylation sites is 1. The molecule has 32 heavy (non-hydrogen) atoms. The number of rotatable bonds is 0. The van der Waals surface area contributed by atoms with Crippen molar-refractivity contribution in [3.05, 3.63) is 103 Å². The minimum Gasteiger partial charge on any atom is -0.508 e. The molecule has 0 saturated heterocycles. The minimum atomic E-state index is 0.247. The Balaban J connectivity index is 2.03. The van der Waals surface area contributed by atoms with Crippen LogP contribution in [-0.2, 0) is 0 Å². The molecule has 0 amide bonds. The molecule has 1 N–H and O–H groups in total. The molecule has 3 heterocycles. The Morgan fingerprint density at radius 1 is 0.531 bits per heavy atom. The molecule has 0 saturated carbocycles. The topological polar surface area (TPSA) is 37.5 Å². The molecule has 0 bridgehead atoms. The minimum absolute atomic E-state index is 0.247. The number of aromatic nitrogens is 2. The maximum absolute atomic E-state index is 10.4. The number of phenols is 1. The van der Waals surface area contributed by atoms with Gasteiger partial charge in [-0.3, -0.25) is 4.40 Å². The smallest absolute Gasteiger partial charge is 0.145 e. The van der Waals surface area contributed by atoms with E-state index in [0.29, 0.717) is 0 Å². The maximum Gasteiger partial charge on any atom is 0.145 e. The van der Waals surface area contributed by atoms with Crippen LogP contribution in [0.1, 0.15) is 0 Å². The molecule has 7 rings (SSSR count). The van der Waals surface area contributed by atoms with Crippen molar-refractivity contribution in [1.29, 1.82) is 0 Å². The van der Waals surface area contributed by atoms with Crippen molar-refractivity contribution >= 4 is 59.8 Å². The Kier molecular flexibility index (Phi) is 3.42. The first-order valence-corrected chi connectivity index (χ1v) is 10.7. The number of phenolic OH excluding ortho intramolecular Hbond substituents is 1. The molecule has 0 aliphatic heterocycles. The number of fused-ring (bicyclic) bond motifs is 10. The number of benzene rings is 4. The van der Waals surface area contributed by atoms with Gasteiger partial charge in [0.15, 0.2) is 0 Å². The Bertz CT molecular complexity index is 1900. The second-order valence-corrected chi connectivity index (χ2v) is 8.20. The van der Waals surface area contributed by atoms with Crippen LogP contribution in [0.25, 0.3) is 59.8 Å². The van der Waals surface area contributed by atoms with Crippen molar-refractivity contribution in [2.45, 2.75) is 0 Å². The zero-order chi connectivity index (χ0) is 21.2. The molecule has 3 aromatic heterocycles. The van der Waals surface area contributed by atoms with Gasteiger partial charge in [-0.15, -0.1) is 0 Å². The summed E-state index contributed by atoms with van der Waals surface area (Å²) in [7, 11) is 0. The summed E-state index contributed by atoms with van der Waals surface area (Å²) >= 11 is 0. The van der Waals surface area contributed by atoms with Crippen molar-refractivity contribution in [3.8, 4) is 5.75 Å². The van der Waals surface area contributed by atoms with E-state index in [-0.39, 0.29) is 5.75 Å². The van der Waals surface area contributed by atoms with Crippen molar-refractivity contribution in [1.82, 2.24) is 9.38 Å². The lowest BCUT2D eigenvalue weighted by atomic mass is 10.0. The normalized spacial score (nSPS) is 11.9. The van der Waals surface area contributed by atoms with Crippen molar-refractivity contribution < 1.29 is 5.11 Å². The molecule has 3 nitrogen and oxygen atoms in total. The van der Waals surface area contributed by atoms with E-state index < -0.39 is 0 Å².